The third kappa shape index (κ3) is 24.0. The molecule has 0 bridgehead atoms. The molecule has 0 aromatic rings. The van der Waals surface area contributed by atoms with Crippen molar-refractivity contribution in [3.63, 3.8) is 0 Å². The fraction of sp³-hybridized carbons (Fsp3) is 0.884. The molecule has 0 radical (unpaired) electrons. The van der Waals surface area contributed by atoms with Gasteiger partial charge in [0, 0.05) is 0 Å². The van der Waals surface area contributed by atoms with E-state index in [1.807, 2.05) is 6.08 Å². The third-order valence-electron chi connectivity index (χ3n) is 10.5. The predicted octanol–water partition coefficient (Wildman–Crippen LogP) is 7.30. The summed E-state index contributed by atoms with van der Waals surface area (Å²) in [5.74, 6) is -0.626. The quantitative estimate of drug-likeness (QED) is 0.0263. The lowest BCUT2D eigenvalue weighted by Crippen LogP contribution is -2.60. The topological polar surface area (TPSA) is 169 Å². The van der Waals surface area contributed by atoms with Gasteiger partial charge in [0.2, 0.25) is 5.91 Å². The Morgan fingerprint density at radius 1 is 0.717 bits per heavy atom. The van der Waals surface area contributed by atoms with Gasteiger partial charge in [-0.15, -0.1) is 0 Å². The fourth-order valence-electron chi connectivity index (χ4n) is 6.80. The summed E-state index contributed by atoms with van der Waals surface area (Å²) in [5, 5.41) is 64.6. The van der Waals surface area contributed by atoms with Crippen molar-refractivity contribution in [3.8, 4) is 0 Å². The lowest BCUT2D eigenvalue weighted by atomic mass is 9.99. The number of ether oxygens (including phenoxy) is 2. The molecule has 1 saturated heterocycles. The van der Waals surface area contributed by atoms with Crippen LogP contribution >= 0.6 is 0 Å². The molecule has 1 rings (SSSR count). The normalized spacial score (nSPS) is 22.7. The zero-order chi connectivity index (χ0) is 39.1. The monoisotopic (exact) mass is 756 g/mol. The van der Waals surface area contributed by atoms with Crippen LogP contribution in [-0.4, -0.2) is 98.7 Å². The van der Waals surface area contributed by atoms with E-state index in [4.69, 9.17) is 9.47 Å². The number of hydrogen-bond acceptors (Lipinski definition) is 9. The molecule has 1 heterocycles. The van der Waals surface area contributed by atoms with Crippen molar-refractivity contribution in [1.82, 2.24) is 5.32 Å². The van der Waals surface area contributed by atoms with Crippen molar-refractivity contribution >= 4 is 5.91 Å². The standard InChI is InChI=1S/C43H81NO9/c1-4-6-8-10-12-14-15-16-17-18-19-21-23-25-31-37(47)42(51)44-35(33-52-43-41(50)40(49)39(48)38(32-45)53-43)36(46)30-27-26-29-34(3)28-24-22-20-13-11-9-7-5-2/h27-28,30,35-41,43,45-50H,4-26,29,31-33H2,1-3H3,(H,44,51)/b30-27+,34-28+/t35-,36+,37+,38+,39+,40-,41+,43+/m0/s1. The van der Waals surface area contributed by atoms with Crippen LogP contribution in [0.4, 0.5) is 0 Å². The van der Waals surface area contributed by atoms with E-state index in [1.54, 1.807) is 6.08 Å². The van der Waals surface area contributed by atoms with Gasteiger partial charge >= 0.3 is 0 Å². The number of allylic oxidation sites excluding steroid dienone is 3. The van der Waals surface area contributed by atoms with E-state index in [0.29, 0.717) is 19.3 Å². The molecule has 0 unspecified atom stereocenters. The average molecular weight is 756 g/mol. The zero-order valence-electron chi connectivity index (χ0n) is 33.9. The van der Waals surface area contributed by atoms with Gasteiger partial charge in [0.15, 0.2) is 6.29 Å². The molecule has 1 fully saturated rings. The van der Waals surface area contributed by atoms with E-state index in [0.717, 1.165) is 32.1 Å². The van der Waals surface area contributed by atoms with Crippen molar-refractivity contribution in [3.05, 3.63) is 23.8 Å². The maximum absolute atomic E-state index is 13.0. The first-order valence-electron chi connectivity index (χ1n) is 21.6. The highest BCUT2D eigenvalue weighted by Gasteiger charge is 2.44. The van der Waals surface area contributed by atoms with Gasteiger partial charge in [-0.2, -0.15) is 0 Å². The van der Waals surface area contributed by atoms with E-state index in [2.05, 4.69) is 32.2 Å². The summed E-state index contributed by atoms with van der Waals surface area (Å²) in [6, 6.07) is -0.994. The first-order chi connectivity index (χ1) is 25.7. The first-order valence-corrected chi connectivity index (χ1v) is 21.6. The van der Waals surface area contributed by atoms with E-state index < -0.39 is 61.5 Å². The van der Waals surface area contributed by atoms with Crippen molar-refractivity contribution in [2.45, 2.75) is 230 Å². The van der Waals surface area contributed by atoms with Crippen LogP contribution in [0.5, 0.6) is 0 Å². The molecular formula is C43H81NO9. The van der Waals surface area contributed by atoms with E-state index >= 15 is 0 Å². The van der Waals surface area contributed by atoms with Gasteiger partial charge in [0.05, 0.1) is 25.4 Å². The highest BCUT2D eigenvalue weighted by atomic mass is 16.7. The second-order valence-electron chi connectivity index (χ2n) is 15.5. The van der Waals surface area contributed by atoms with Crippen LogP contribution in [0.2, 0.25) is 0 Å². The number of nitrogens with one attached hydrogen (secondary N) is 1. The smallest absolute Gasteiger partial charge is 0.249 e. The van der Waals surface area contributed by atoms with E-state index in [9.17, 15) is 35.4 Å². The lowest BCUT2D eigenvalue weighted by Gasteiger charge is -2.40. The predicted molar refractivity (Wildman–Crippen MR) is 213 cm³/mol. The molecule has 0 aliphatic carbocycles. The van der Waals surface area contributed by atoms with Crippen LogP contribution in [-0.2, 0) is 14.3 Å². The Morgan fingerprint density at radius 2 is 1.23 bits per heavy atom. The third-order valence-corrected chi connectivity index (χ3v) is 10.5. The highest BCUT2D eigenvalue weighted by Crippen LogP contribution is 2.23. The Morgan fingerprint density at radius 3 is 1.75 bits per heavy atom. The number of amides is 1. The molecule has 312 valence electrons. The van der Waals surface area contributed by atoms with Gasteiger partial charge in [0.25, 0.3) is 0 Å². The summed E-state index contributed by atoms with van der Waals surface area (Å²) >= 11 is 0. The number of aliphatic hydroxyl groups excluding tert-OH is 6. The SMILES string of the molecule is CCCCCCCCC/C=C(\C)CC/C=C/[C@@H](O)[C@H](CO[C@@H]1O[C@H](CO)[C@@H](O)[C@H](O)[C@H]1O)NC(=O)[C@H](O)CCCCCCCCCCCCCCCC. The van der Waals surface area contributed by atoms with Crippen LogP contribution in [0.15, 0.2) is 23.8 Å². The van der Waals surface area contributed by atoms with Crippen LogP contribution in [0.3, 0.4) is 0 Å². The second kappa shape index (κ2) is 32.8. The minimum atomic E-state index is -1.61. The molecule has 0 saturated carbocycles. The highest BCUT2D eigenvalue weighted by molar-refractivity contribution is 5.80. The summed E-state index contributed by atoms with van der Waals surface area (Å²) in [6.45, 7) is 5.67. The van der Waals surface area contributed by atoms with Crippen molar-refractivity contribution in [1.29, 1.82) is 0 Å². The number of carbonyl (C=O) groups excluding carboxylic acids is 1. The second-order valence-corrected chi connectivity index (χ2v) is 15.5. The molecule has 1 aliphatic rings. The Bertz CT molecular complexity index is 929. The summed E-state index contributed by atoms with van der Waals surface area (Å²) in [5.41, 5.74) is 1.29. The fourth-order valence-corrected chi connectivity index (χ4v) is 6.80. The summed E-state index contributed by atoms with van der Waals surface area (Å²) in [4.78, 5) is 13.0. The molecule has 1 amide bonds. The molecule has 0 aromatic heterocycles. The Hall–Kier alpha value is -1.37. The number of carbonyl (C=O) groups is 1. The molecule has 53 heavy (non-hydrogen) atoms. The minimum Gasteiger partial charge on any atom is -0.394 e. The van der Waals surface area contributed by atoms with Gasteiger partial charge in [-0.3, -0.25) is 4.79 Å². The van der Waals surface area contributed by atoms with Crippen LogP contribution in [0, 0.1) is 0 Å². The van der Waals surface area contributed by atoms with Crippen molar-refractivity contribution < 1.29 is 44.9 Å². The summed E-state index contributed by atoms with van der Waals surface area (Å²) in [7, 11) is 0. The molecule has 10 nitrogen and oxygen atoms in total. The number of aliphatic hydroxyl groups is 6. The van der Waals surface area contributed by atoms with Gasteiger partial charge in [-0.1, -0.05) is 166 Å². The Balaban J connectivity index is 2.55. The molecule has 7 N–H and O–H groups in total. The molecule has 0 aromatic carbocycles. The van der Waals surface area contributed by atoms with Crippen LogP contribution in [0.1, 0.15) is 181 Å². The van der Waals surface area contributed by atoms with E-state index in [1.165, 1.54) is 115 Å². The molecular weight excluding hydrogens is 674 g/mol. The zero-order valence-corrected chi connectivity index (χ0v) is 33.9. The number of hydrogen-bond donors (Lipinski definition) is 7. The number of rotatable bonds is 34. The van der Waals surface area contributed by atoms with E-state index in [-0.39, 0.29) is 6.61 Å². The first kappa shape index (κ1) is 49.6. The lowest BCUT2D eigenvalue weighted by molar-refractivity contribution is -0.302. The average Bonchev–Trinajstić information content (AvgIpc) is 3.15. The van der Waals surface area contributed by atoms with Crippen molar-refractivity contribution in [2.75, 3.05) is 13.2 Å². The largest absolute Gasteiger partial charge is 0.394 e. The summed E-state index contributed by atoms with van der Waals surface area (Å²) < 4.78 is 11.1. The van der Waals surface area contributed by atoms with Crippen LogP contribution in [0.25, 0.3) is 0 Å². The van der Waals surface area contributed by atoms with Gasteiger partial charge in [-0.05, 0) is 39.0 Å². The Labute approximate surface area is 322 Å². The molecule has 10 heteroatoms. The van der Waals surface area contributed by atoms with Gasteiger partial charge in [-0.25, -0.2) is 0 Å². The maximum atomic E-state index is 13.0. The molecule has 0 spiro atoms. The molecule has 1 aliphatic heterocycles. The van der Waals surface area contributed by atoms with Crippen LogP contribution < -0.4 is 5.32 Å². The summed E-state index contributed by atoms with van der Waals surface area (Å²) in [6.07, 6.45) is 24.9. The molecule has 8 atom stereocenters. The van der Waals surface area contributed by atoms with Crippen molar-refractivity contribution in [2.24, 2.45) is 0 Å². The van der Waals surface area contributed by atoms with Gasteiger partial charge in [0.1, 0.15) is 30.5 Å². The minimum absolute atomic E-state index is 0.306. The maximum Gasteiger partial charge on any atom is 0.249 e. The number of unbranched alkanes of at least 4 members (excludes halogenated alkanes) is 20. The van der Waals surface area contributed by atoms with Gasteiger partial charge < -0.3 is 45.4 Å². The Kier molecular flexibility index (Phi) is 30.8.